The third kappa shape index (κ3) is 2.73. The quantitative estimate of drug-likeness (QED) is 0.661. The number of hydrogen-bond donors (Lipinski definition) is 0. The van der Waals surface area contributed by atoms with Crippen LogP contribution in [0.5, 0.6) is 0 Å². The third-order valence-corrected chi connectivity index (χ3v) is 3.05. The van der Waals surface area contributed by atoms with Crippen LogP contribution in [0.2, 0.25) is 0 Å². The smallest absolute Gasteiger partial charge is 0.0260 e. The fourth-order valence-corrected chi connectivity index (χ4v) is 2.21. The monoisotopic (exact) mass is 186 g/mol. The summed E-state index contributed by atoms with van der Waals surface area (Å²) in [6.45, 7) is 0. The van der Waals surface area contributed by atoms with Crippen LogP contribution in [-0.2, 0) is 0 Å². The summed E-state index contributed by atoms with van der Waals surface area (Å²) in [5.74, 6) is 0.968. The first-order valence-corrected chi connectivity index (χ1v) is 5.67. The molecule has 0 nitrogen and oxygen atoms in total. The molecule has 0 aromatic heterocycles. The Kier molecular flexibility index (Phi) is 3.39. The maximum absolute atomic E-state index is 2.34. The molecule has 0 radical (unpaired) electrons. The Bertz CT molecular complexity index is 278. The summed E-state index contributed by atoms with van der Waals surface area (Å²) in [6.07, 6.45) is 11.6. The van der Waals surface area contributed by atoms with Gasteiger partial charge in [-0.3, -0.25) is 0 Å². The lowest BCUT2D eigenvalue weighted by Gasteiger charge is -2.02. The van der Waals surface area contributed by atoms with E-state index in [0.717, 1.165) is 5.92 Å². The van der Waals surface area contributed by atoms with Crippen LogP contribution in [0.1, 0.15) is 37.7 Å². The van der Waals surface area contributed by atoms with Gasteiger partial charge in [-0.25, -0.2) is 0 Å². The van der Waals surface area contributed by atoms with E-state index in [9.17, 15) is 0 Å². The highest BCUT2D eigenvalue weighted by atomic mass is 14.2. The molecule has 0 heterocycles. The highest BCUT2D eigenvalue weighted by Crippen LogP contribution is 2.27. The molecule has 0 unspecified atom stereocenters. The molecule has 0 amide bonds. The fraction of sp³-hybridized carbons (Fsp3) is 0.429. The van der Waals surface area contributed by atoms with Gasteiger partial charge in [-0.05, 0) is 17.9 Å². The zero-order valence-electron chi connectivity index (χ0n) is 8.65. The van der Waals surface area contributed by atoms with Crippen molar-refractivity contribution < 1.29 is 0 Å². The van der Waals surface area contributed by atoms with Crippen molar-refractivity contribution >= 4 is 6.08 Å². The minimum atomic E-state index is 0.968. The van der Waals surface area contributed by atoms with E-state index in [0.29, 0.717) is 0 Å². The Morgan fingerprint density at radius 3 is 2.50 bits per heavy atom. The van der Waals surface area contributed by atoms with Crippen LogP contribution >= 0.6 is 0 Å². The molecule has 1 aliphatic carbocycles. The van der Waals surface area contributed by atoms with E-state index in [-0.39, 0.29) is 0 Å². The third-order valence-electron chi connectivity index (χ3n) is 3.05. The van der Waals surface area contributed by atoms with E-state index < -0.39 is 0 Å². The second kappa shape index (κ2) is 4.99. The number of hydrogen-bond acceptors (Lipinski definition) is 0. The lowest BCUT2D eigenvalue weighted by molar-refractivity contribution is 0.559. The van der Waals surface area contributed by atoms with Gasteiger partial charge >= 0.3 is 0 Å². The molecular formula is C14H18. The molecule has 0 heteroatoms. The zero-order chi connectivity index (χ0) is 9.64. The largest absolute Gasteiger partial charge is 0.0837 e. The highest BCUT2D eigenvalue weighted by molar-refractivity contribution is 5.48. The van der Waals surface area contributed by atoms with Crippen molar-refractivity contribution in [2.24, 2.45) is 5.92 Å². The molecule has 0 atom stereocenters. The first kappa shape index (κ1) is 9.51. The van der Waals surface area contributed by atoms with Gasteiger partial charge in [0.1, 0.15) is 0 Å². The van der Waals surface area contributed by atoms with Gasteiger partial charge in [0, 0.05) is 0 Å². The van der Waals surface area contributed by atoms with Crippen LogP contribution < -0.4 is 0 Å². The molecule has 1 aliphatic rings. The second-order valence-electron chi connectivity index (χ2n) is 4.20. The average molecular weight is 186 g/mol. The minimum absolute atomic E-state index is 0.968. The Morgan fingerprint density at radius 1 is 1.07 bits per heavy atom. The SMILES string of the molecule is C(=C\c1ccccc1)/CC1CCCC1. The van der Waals surface area contributed by atoms with E-state index in [1.54, 1.807) is 0 Å². The topological polar surface area (TPSA) is 0 Å². The molecule has 0 N–H and O–H groups in total. The van der Waals surface area contributed by atoms with Gasteiger partial charge in [-0.1, -0.05) is 68.2 Å². The summed E-state index contributed by atoms with van der Waals surface area (Å²) in [7, 11) is 0. The molecule has 0 saturated heterocycles. The lowest BCUT2D eigenvalue weighted by Crippen LogP contribution is -1.88. The summed E-state index contributed by atoms with van der Waals surface area (Å²) in [6, 6.07) is 10.6. The predicted octanol–water partition coefficient (Wildman–Crippen LogP) is 4.28. The van der Waals surface area contributed by atoms with Crippen LogP contribution in [-0.4, -0.2) is 0 Å². The first-order valence-electron chi connectivity index (χ1n) is 5.67. The van der Waals surface area contributed by atoms with Crippen molar-refractivity contribution in [3.63, 3.8) is 0 Å². The lowest BCUT2D eigenvalue weighted by atomic mass is 10.0. The van der Waals surface area contributed by atoms with Crippen molar-refractivity contribution in [3.8, 4) is 0 Å². The van der Waals surface area contributed by atoms with E-state index in [1.165, 1.54) is 37.7 Å². The maximum atomic E-state index is 2.34. The van der Waals surface area contributed by atoms with Crippen LogP contribution in [0.15, 0.2) is 36.4 Å². The summed E-state index contributed by atoms with van der Waals surface area (Å²) in [5.41, 5.74) is 1.32. The van der Waals surface area contributed by atoms with Gasteiger partial charge in [0.25, 0.3) is 0 Å². The van der Waals surface area contributed by atoms with Gasteiger partial charge in [-0.2, -0.15) is 0 Å². The first-order chi connectivity index (χ1) is 6.95. The average Bonchev–Trinajstić information content (AvgIpc) is 2.72. The standard InChI is InChI=1S/C14H18/c1-2-7-13(8-3-1)11-6-12-14-9-4-5-10-14/h1-3,6-8,11,14H,4-5,9-10,12H2/b11-6+. The normalized spacial score (nSPS) is 18.0. The van der Waals surface area contributed by atoms with Crippen LogP contribution in [0.25, 0.3) is 6.08 Å². The fourth-order valence-electron chi connectivity index (χ4n) is 2.21. The zero-order valence-corrected chi connectivity index (χ0v) is 8.65. The molecule has 2 rings (SSSR count). The summed E-state index contributed by atoms with van der Waals surface area (Å²) in [4.78, 5) is 0. The molecule has 74 valence electrons. The van der Waals surface area contributed by atoms with E-state index in [1.807, 2.05) is 0 Å². The molecule has 1 aromatic carbocycles. The molecule has 1 aromatic rings. The molecule has 0 spiro atoms. The molecule has 1 saturated carbocycles. The van der Waals surface area contributed by atoms with Crippen molar-refractivity contribution in [2.45, 2.75) is 32.1 Å². The van der Waals surface area contributed by atoms with E-state index >= 15 is 0 Å². The summed E-state index contributed by atoms with van der Waals surface area (Å²) < 4.78 is 0. The van der Waals surface area contributed by atoms with Gasteiger partial charge in [-0.15, -0.1) is 0 Å². The number of benzene rings is 1. The van der Waals surface area contributed by atoms with Gasteiger partial charge in [0.05, 0.1) is 0 Å². The summed E-state index contributed by atoms with van der Waals surface area (Å²) in [5, 5.41) is 0. The maximum Gasteiger partial charge on any atom is -0.0260 e. The van der Waals surface area contributed by atoms with Crippen LogP contribution in [0, 0.1) is 5.92 Å². The number of allylic oxidation sites excluding steroid dienone is 1. The van der Waals surface area contributed by atoms with Gasteiger partial charge < -0.3 is 0 Å². The molecule has 1 fully saturated rings. The Balaban J connectivity index is 1.82. The molecule has 0 aliphatic heterocycles. The van der Waals surface area contributed by atoms with Crippen LogP contribution in [0.4, 0.5) is 0 Å². The molecule has 0 bridgehead atoms. The van der Waals surface area contributed by atoms with Crippen molar-refractivity contribution in [3.05, 3.63) is 42.0 Å². The van der Waals surface area contributed by atoms with Gasteiger partial charge in [0.15, 0.2) is 0 Å². The van der Waals surface area contributed by atoms with Crippen molar-refractivity contribution in [1.29, 1.82) is 0 Å². The minimum Gasteiger partial charge on any atom is -0.0837 e. The number of rotatable bonds is 3. The van der Waals surface area contributed by atoms with Crippen LogP contribution in [0.3, 0.4) is 0 Å². The van der Waals surface area contributed by atoms with Gasteiger partial charge in [0.2, 0.25) is 0 Å². The highest BCUT2D eigenvalue weighted by Gasteiger charge is 2.12. The Labute approximate surface area is 86.7 Å². The van der Waals surface area contributed by atoms with Crippen molar-refractivity contribution in [1.82, 2.24) is 0 Å². The van der Waals surface area contributed by atoms with E-state index in [4.69, 9.17) is 0 Å². The molecular weight excluding hydrogens is 168 g/mol. The predicted molar refractivity (Wildman–Crippen MR) is 62.1 cm³/mol. The summed E-state index contributed by atoms with van der Waals surface area (Å²) >= 11 is 0. The van der Waals surface area contributed by atoms with E-state index in [2.05, 4.69) is 42.5 Å². The van der Waals surface area contributed by atoms with Crippen molar-refractivity contribution in [2.75, 3.05) is 0 Å². The second-order valence-corrected chi connectivity index (χ2v) is 4.20. The Morgan fingerprint density at radius 2 is 1.79 bits per heavy atom. The Hall–Kier alpha value is -1.04. The molecule has 14 heavy (non-hydrogen) atoms.